The van der Waals surface area contributed by atoms with Crippen LogP contribution in [0.3, 0.4) is 0 Å². The van der Waals surface area contributed by atoms with Crippen LogP contribution in [0.2, 0.25) is 0 Å². The largest absolute Gasteiger partial charge is 0.462 e. The van der Waals surface area contributed by atoms with Crippen molar-refractivity contribution < 1.29 is 36.6 Å². The van der Waals surface area contributed by atoms with Crippen molar-refractivity contribution in [2.75, 3.05) is 6.61 Å². The second-order valence-electron chi connectivity index (χ2n) is 7.96. The first-order valence-electron chi connectivity index (χ1n) is 9.25. The first-order chi connectivity index (χ1) is 12.2. The lowest BCUT2D eigenvalue weighted by molar-refractivity contribution is -0.179. The van der Waals surface area contributed by atoms with Gasteiger partial charge in [0.15, 0.2) is 6.61 Å². The second-order valence-corrected chi connectivity index (χ2v) is 7.96. The van der Waals surface area contributed by atoms with Gasteiger partial charge >= 0.3 is 24.3 Å². The summed E-state index contributed by atoms with van der Waals surface area (Å²) in [6.07, 6.45) is 1.67. The van der Waals surface area contributed by atoms with Crippen molar-refractivity contribution in [1.29, 1.82) is 0 Å². The van der Waals surface area contributed by atoms with E-state index in [4.69, 9.17) is 4.74 Å². The Morgan fingerprint density at radius 3 is 2.00 bits per heavy atom. The van der Waals surface area contributed by atoms with Gasteiger partial charge in [0.2, 0.25) is 0 Å². The standard InChI is InChI=1S/C18H24F4O4/c19-17(20)18(21,22)9-25-14(23)2-1-3-15(24)26-16-12-5-10-4-11(7-12)8-13(16)6-10/h10-13,16-17H,1-9H2. The van der Waals surface area contributed by atoms with Gasteiger partial charge in [0.05, 0.1) is 0 Å². The zero-order valence-electron chi connectivity index (χ0n) is 14.5. The van der Waals surface area contributed by atoms with Crippen LogP contribution in [0.4, 0.5) is 17.6 Å². The van der Waals surface area contributed by atoms with Gasteiger partial charge in [-0.3, -0.25) is 9.59 Å². The summed E-state index contributed by atoms with van der Waals surface area (Å²) in [4.78, 5) is 23.4. The van der Waals surface area contributed by atoms with Crippen LogP contribution in [0.25, 0.3) is 0 Å². The Hall–Kier alpha value is -1.34. The maximum absolute atomic E-state index is 12.7. The highest BCUT2D eigenvalue weighted by atomic mass is 19.3. The van der Waals surface area contributed by atoms with Gasteiger partial charge in [-0.05, 0) is 62.2 Å². The monoisotopic (exact) mass is 380 g/mol. The SMILES string of the molecule is O=C(CCCC(=O)OC1C2CC3CC(C2)CC1C3)OCC(F)(F)C(F)F. The maximum Gasteiger partial charge on any atom is 0.340 e. The van der Waals surface area contributed by atoms with Gasteiger partial charge in [0.25, 0.3) is 0 Å². The summed E-state index contributed by atoms with van der Waals surface area (Å²) >= 11 is 0. The predicted molar refractivity (Wildman–Crippen MR) is 82.7 cm³/mol. The molecule has 0 radical (unpaired) electrons. The zero-order chi connectivity index (χ0) is 18.9. The van der Waals surface area contributed by atoms with E-state index in [9.17, 15) is 27.2 Å². The van der Waals surface area contributed by atoms with Crippen LogP contribution < -0.4 is 0 Å². The van der Waals surface area contributed by atoms with Crippen molar-refractivity contribution in [3.63, 3.8) is 0 Å². The molecule has 0 amide bonds. The highest BCUT2D eigenvalue weighted by molar-refractivity contribution is 5.72. The number of alkyl halides is 4. The Labute approximate surface area is 149 Å². The molecule has 0 N–H and O–H groups in total. The van der Waals surface area contributed by atoms with Gasteiger partial charge in [-0.25, -0.2) is 8.78 Å². The second kappa shape index (κ2) is 7.72. The van der Waals surface area contributed by atoms with E-state index in [1.54, 1.807) is 0 Å². The molecule has 4 rings (SSSR count). The third kappa shape index (κ3) is 4.49. The lowest BCUT2D eigenvalue weighted by Crippen LogP contribution is -2.50. The van der Waals surface area contributed by atoms with Crippen molar-refractivity contribution in [2.24, 2.45) is 23.7 Å². The predicted octanol–water partition coefficient (Wildman–Crippen LogP) is 3.97. The molecule has 0 unspecified atom stereocenters. The lowest BCUT2D eigenvalue weighted by Gasteiger charge is -2.53. The molecule has 4 saturated carbocycles. The molecule has 4 aliphatic rings. The van der Waals surface area contributed by atoms with E-state index in [-0.39, 0.29) is 25.4 Å². The van der Waals surface area contributed by atoms with Crippen LogP contribution in [0.5, 0.6) is 0 Å². The lowest BCUT2D eigenvalue weighted by atomic mass is 9.55. The van der Waals surface area contributed by atoms with E-state index in [0.717, 1.165) is 37.5 Å². The Bertz CT molecular complexity index is 509. The van der Waals surface area contributed by atoms with Crippen LogP contribution in [-0.2, 0) is 19.1 Å². The summed E-state index contributed by atoms with van der Waals surface area (Å²) < 4.78 is 59.0. The highest BCUT2D eigenvalue weighted by Gasteiger charge is 2.49. The molecule has 26 heavy (non-hydrogen) atoms. The van der Waals surface area contributed by atoms with Crippen LogP contribution in [-0.4, -0.2) is 37.0 Å². The van der Waals surface area contributed by atoms with Gasteiger partial charge in [0, 0.05) is 12.8 Å². The molecule has 0 aromatic heterocycles. The molecule has 0 atom stereocenters. The number of hydrogen-bond acceptors (Lipinski definition) is 4. The van der Waals surface area contributed by atoms with E-state index in [1.165, 1.54) is 6.42 Å². The van der Waals surface area contributed by atoms with Gasteiger partial charge in [-0.1, -0.05) is 0 Å². The fourth-order valence-electron chi connectivity index (χ4n) is 4.97. The molecule has 148 valence electrons. The summed E-state index contributed by atoms with van der Waals surface area (Å²) in [5, 5.41) is 0. The Morgan fingerprint density at radius 1 is 0.923 bits per heavy atom. The molecule has 8 heteroatoms. The van der Waals surface area contributed by atoms with E-state index in [1.807, 2.05) is 0 Å². The number of esters is 2. The van der Waals surface area contributed by atoms with Gasteiger partial charge in [-0.2, -0.15) is 8.78 Å². The molecule has 0 heterocycles. The molecule has 0 saturated heterocycles. The first-order valence-corrected chi connectivity index (χ1v) is 9.25. The average molecular weight is 380 g/mol. The number of ether oxygens (including phenoxy) is 2. The fraction of sp³-hybridized carbons (Fsp3) is 0.889. The Balaban J connectivity index is 1.34. The van der Waals surface area contributed by atoms with E-state index >= 15 is 0 Å². The van der Waals surface area contributed by atoms with Crippen molar-refractivity contribution in [2.45, 2.75) is 69.8 Å². The van der Waals surface area contributed by atoms with E-state index in [0.29, 0.717) is 11.8 Å². The minimum absolute atomic E-state index is 0.0108. The van der Waals surface area contributed by atoms with Gasteiger partial charge < -0.3 is 9.47 Å². The van der Waals surface area contributed by atoms with Crippen LogP contribution in [0, 0.1) is 23.7 Å². The number of carbonyl (C=O) groups is 2. The van der Waals surface area contributed by atoms with Gasteiger partial charge in [0.1, 0.15) is 6.10 Å². The molecule has 0 aliphatic heterocycles. The van der Waals surface area contributed by atoms with Crippen molar-refractivity contribution in [1.82, 2.24) is 0 Å². The van der Waals surface area contributed by atoms with Crippen molar-refractivity contribution in [3.05, 3.63) is 0 Å². The molecule has 4 bridgehead atoms. The summed E-state index contributed by atoms with van der Waals surface area (Å²) in [6.45, 7) is -1.65. The average Bonchev–Trinajstić information content (AvgIpc) is 2.55. The number of hydrogen-bond donors (Lipinski definition) is 0. The highest BCUT2D eigenvalue weighted by Crippen LogP contribution is 2.54. The molecule has 4 nitrogen and oxygen atoms in total. The quantitative estimate of drug-likeness (QED) is 0.472. The normalized spacial score (nSPS) is 32.7. The Morgan fingerprint density at radius 2 is 1.46 bits per heavy atom. The molecular weight excluding hydrogens is 356 g/mol. The summed E-state index contributed by atoms with van der Waals surface area (Å²) in [5.74, 6) is -3.34. The zero-order valence-corrected chi connectivity index (χ0v) is 14.5. The molecule has 0 aromatic carbocycles. The van der Waals surface area contributed by atoms with Crippen LogP contribution in [0.15, 0.2) is 0 Å². The molecule has 0 spiro atoms. The van der Waals surface area contributed by atoms with Crippen LogP contribution >= 0.6 is 0 Å². The molecular formula is C18H24F4O4. The summed E-state index contributed by atoms with van der Waals surface area (Å²) in [7, 11) is 0. The van der Waals surface area contributed by atoms with Crippen LogP contribution in [0.1, 0.15) is 51.4 Å². The number of halogens is 4. The van der Waals surface area contributed by atoms with Crippen molar-refractivity contribution in [3.8, 4) is 0 Å². The Kier molecular flexibility index (Phi) is 5.77. The third-order valence-corrected chi connectivity index (χ3v) is 5.91. The summed E-state index contributed by atoms with van der Waals surface area (Å²) in [5.41, 5.74) is 0. The topological polar surface area (TPSA) is 52.6 Å². The van der Waals surface area contributed by atoms with E-state index in [2.05, 4.69) is 4.74 Å². The van der Waals surface area contributed by atoms with Crippen molar-refractivity contribution >= 4 is 11.9 Å². The summed E-state index contributed by atoms with van der Waals surface area (Å²) in [6, 6.07) is 0. The third-order valence-electron chi connectivity index (χ3n) is 5.91. The minimum Gasteiger partial charge on any atom is -0.462 e. The number of rotatable bonds is 8. The maximum atomic E-state index is 12.7. The number of carbonyl (C=O) groups excluding carboxylic acids is 2. The minimum atomic E-state index is -4.35. The smallest absolute Gasteiger partial charge is 0.340 e. The molecule has 0 aromatic rings. The molecule has 4 fully saturated rings. The van der Waals surface area contributed by atoms with Gasteiger partial charge in [-0.15, -0.1) is 0 Å². The molecule has 4 aliphatic carbocycles. The first kappa shape index (κ1) is 19.4. The van der Waals surface area contributed by atoms with E-state index < -0.39 is 30.9 Å². The fourth-order valence-corrected chi connectivity index (χ4v) is 4.97.